The first-order chi connectivity index (χ1) is 7.00. The van der Waals surface area contributed by atoms with Gasteiger partial charge in [-0.15, -0.1) is 0 Å². The Balaban J connectivity index is 2.59. The first-order valence-electron chi connectivity index (χ1n) is 4.93. The third-order valence-corrected chi connectivity index (χ3v) is 3.82. The van der Waals surface area contributed by atoms with E-state index in [0.717, 1.165) is 6.26 Å². The molecule has 0 unspecified atom stereocenters. The summed E-state index contributed by atoms with van der Waals surface area (Å²) in [7, 11) is 0. The van der Waals surface area contributed by atoms with Crippen molar-refractivity contribution < 1.29 is 9.52 Å². The molecule has 0 saturated heterocycles. The quantitative estimate of drug-likeness (QED) is 0.860. The second kappa shape index (κ2) is 5.26. The minimum Gasteiger partial charge on any atom is -0.502 e. The third kappa shape index (κ3) is 3.63. The van der Waals surface area contributed by atoms with Crippen LogP contribution >= 0.6 is 11.8 Å². The maximum absolute atomic E-state index is 11.1. The number of hydrogen-bond donors (Lipinski definition) is 1. The molecule has 0 aliphatic heterocycles. The Morgan fingerprint density at radius 2 is 2.13 bits per heavy atom. The van der Waals surface area contributed by atoms with E-state index in [0.29, 0.717) is 22.7 Å². The van der Waals surface area contributed by atoms with Crippen molar-refractivity contribution in [3.8, 4) is 5.75 Å². The van der Waals surface area contributed by atoms with Gasteiger partial charge in [-0.1, -0.05) is 20.8 Å². The summed E-state index contributed by atoms with van der Waals surface area (Å²) in [5.41, 5.74) is -0.381. The molecule has 0 fully saturated rings. The zero-order valence-corrected chi connectivity index (χ0v) is 10.0. The van der Waals surface area contributed by atoms with Crippen molar-refractivity contribution in [2.24, 2.45) is 5.92 Å². The van der Waals surface area contributed by atoms with Crippen LogP contribution in [0.5, 0.6) is 5.75 Å². The number of rotatable bonds is 4. The number of hydrogen-bond acceptors (Lipinski definition) is 4. The normalized spacial score (nSPS) is 13.1. The van der Waals surface area contributed by atoms with Crippen LogP contribution in [-0.2, 0) is 5.75 Å². The van der Waals surface area contributed by atoms with E-state index < -0.39 is 0 Å². The monoisotopic (exact) mass is 228 g/mol. The van der Waals surface area contributed by atoms with Crippen molar-refractivity contribution in [1.82, 2.24) is 0 Å². The minimum atomic E-state index is -0.381. The standard InChI is InChI=1S/C11H16O3S/c1-7(2)8(3)15-6-9-4-10(12)11(13)5-14-9/h4-5,7-8,13H,6H2,1-3H3/t8-/m0/s1. The highest BCUT2D eigenvalue weighted by molar-refractivity contribution is 7.99. The van der Waals surface area contributed by atoms with E-state index in [1.54, 1.807) is 11.8 Å². The van der Waals surface area contributed by atoms with Gasteiger partial charge in [-0.05, 0) is 5.92 Å². The molecule has 0 radical (unpaired) electrons. The van der Waals surface area contributed by atoms with E-state index >= 15 is 0 Å². The first kappa shape index (κ1) is 12.2. The van der Waals surface area contributed by atoms with Crippen molar-refractivity contribution in [2.75, 3.05) is 0 Å². The molecule has 0 saturated carbocycles. The summed E-state index contributed by atoms with van der Waals surface area (Å²) in [5.74, 6) is 1.53. The molecule has 0 aliphatic rings. The zero-order chi connectivity index (χ0) is 11.4. The summed E-state index contributed by atoms with van der Waals surface area (Å²) >= 11 is 1.74. The molecule has 4 heteroatoms. The summed E-state index contributed by atoms with van der Waals surface area (Å²) in [6, 6.07) is 1.34. The second-order valence-electron chi connectivity index (χ2n) is 3.86. The van der Waals surface area contributed by atoms with Gasteiger partial charge in [0.15, 0.2) is 5.75 Å². The van der Waals surface area contributed by atoms with Crippen molar-refractivity contribution in [1.29, 1.82) is 0 Å². The average molecular weight is 228 g/mol. The minimum absolute atomic E-state index is 0.333. The van der Waals surface area contributed by atoms with Crippen LogP contribution in [0.25, 0.3) is 0 Å². The van der Waals surface area contributed by atoms with E-state index in [1.807, 2.05) is 0 Å². The maximum atomic E-state index is 11.1. The summed E-state index contributed by atoms with van der Waals surface area (Å²) in [6.45, 7) is 6.46. The van der Waals surface area contributed by atoms with E-state index in [9.17, 15) is 4.79 Å². The van der Waals surface area contributed by atoms with Gasteiger partial charge in [0.2, 0.25) is 5.43 Å². The van der Waals surface area contributed by atoms with E-state index in [2.05, 4.69) is 20.8 Å². The van der Waals surface area contributed by atoms with Gasteiger partial charge in [0.1, 0.15) is 12.0 Å². The van der Waals surface area contributed by atoms with E-state index in [4.69, 9.17) is 9.52 Å². The first-order valence-corrected chi connectivity index (χ1v) is 5.98. The van der Waals surface area contributed by atoms with Crippen LogP contribution in [0, 0.1) is 5.92 Å². The topological polar surface area (TPSA) is 50.4 Å². The number of aromatic hydroxyl groups is 1. The Labute approximate surface area is 93.5 Å². The van der Waals surface area contributed by atoms with E-state index in [1.165, 1.54) is 6.07 Å². The fourth-order valence-corrected chi connectivity index (χ4v) is 1.89. The summed E-state index contributed by atoms with van der Waals surface area (Å²) in [4.78, 5) is 11.1. The molecule has 15 heavy (non-hydrogen) atoms. The van der Waals surface area contributed by atoms with Gasteiger partial charge in [-0.3, -0.25) is 4.79 Å². The van der Waals surface area contributed by atoms with Crippen LogP contribution < -0.4 is 5.43 Å². The van der Waals surface area contributed by atoms with Gasteiger partial charge in [0, 0.05) is 11.3 Å². The van der Waals surface area contributed by atoms with Crippen molar-refractivity contribution in [3.63, 3.8) is 0 Å². The van der Waals surface area contributed by atoms with Gasteiger partial charge < -0.3 is 9.52 Å². The largest absolute Gasteiger partial charge is 0.502 e. The molecule has 0 bridgehead atoms. The highest BCUT2D eigenvalue weighted by Crippen LogP contribution is 2.22. The lowest BCUT2D eigenvalue weighted by atomic mass is 10.2. The molecular formula is C11H16O3S. The Morgan fingerprint density at radius 1 is 1.47 bits per heavy atom. The van der Waals surface area contributed by atoms with Crippen LogP contribution in [0.15, 0.2) is 21.5 Å². The Bertz CT molecular complexity index is 370. The van der Waals surface area contributed by atoms with Crippen LogP contribution in [0.3, 0.4) is 0 Å². The highest BCUT2D eigenvalue weighted by Gasteiger charge is 2.09. The van der Waals surface area contributed by atoms with Crippen LogP contribution in [0.1, 0.15) is 26.5 Å². The lowest BCUT2D eigenvalue weighted by Crippen LogP contribution is -2.06. The van der Waals surface area contributed by atoms with Gasteiger partial charge in [-0.2, -0.15) is 11.8 Å². The SMILES string of the molecule is CC(C)[C@H](C)SCc1cc(=O)c(O)co1. The predicted octanol–water partition coefficient (Wildman–Crippen LogP) is 2.62. The van der Waals surface area contributed by atoms with Crippen molar-refractivity contribution in [3.05, 3.63) is 28.3 Å². The van der Waals surface area contributed by atoms with E-state index in [-0.39, 0.29) is 11.2 Å². The zero-order valence-electron chi connectivity index (χ0n) is 9.19. The Hall–Kier alpha value is -0.900. The smallest absolute Gasteiger partial charge is 0.226 e. The molecule has 1 heterocycles. The highest BCUT2D eigenvalue weighted by atomic mass is 32.2. The molecular weight excluding hydrogens is 212 g/mol. The molecule has 0 aliphatic carbocycles. The molecule has 1 atom stereocenters. The number of thioether (sulfide) groups is 1. The summed E-state index contributed by atoms with van der Waals surface area (Å²) < 4.78 is 5.10. The second-order valence-corrected chi connectivity index (χ2v) is 5.22. The molecule has 3 nitrogen and oxygen atoms in total. The van der Waals surface area contributed by atoms with Gasteiger partial charge in [0.25, 0.3) is 0 Å². The Kier molecular flexibility index (Phi) is 4.27. The van der Waals surface area contributed by atoms with Gasteiger partial charge in [0.05, 0.1) is 5.75 Å². The fourth-order valence-electron chi connectivity index (χ4n) is 0.925. The van der Waals surface area contributed by atoms with Gasteiger partial charge in [-0.25, -0.2) is 0 Å². The lowest BCUT2D eigenvalue weighted by Gasteiger charge is -2.13. The van der Waals surface area contributed by atoms with Crippen molar-refractivity contribution in [2.45, 2.75) is 31.8 Å². The summed E-state index contributed by atoms with van der Waals surface area (Å²) in [6.07, 6.45) is 1.10. The lowest BCUT2D eigenvalue weighted by molar-refractivity contribution is 0.419. The fraction of sp³-hybridized carbons (Fsp3) is 0.545. The van der Waals surface area contributed by atoms with Crippen LogP contribution in [0.2, 0.25) is 0 Å². The van der Waals surface area contributed by atoms with Crippen molar-refractivity contribution >= 4 is 11.8 Å². The third-order valence-electron chi connectivity index (χ3n) is 2.29. The molecule has 0 aromatic carbocycles. The molecule has 1 aromatic rings. The Morgan fingerprint density at radius 3 is 2.67 bits per heavy atom. The molecule has 1 aromatic heterocycles. The molecule has 1 rings (SSSR count). The van der Waals surface area contributed by atoms with Crippen LogP contribution in [0.4, 0.5) is 0 Å². The molecule has 0 amide bonds. The predicted molar refractivity (Wildman–Crippen MR) is 62.2 cm³/mol. The van der Waals surface area contributed by atoms with Gasteiger partial charge >= 0.3 is 0 Å². The molecule has 84 valence electrons. The maximum Gasteiger partial charge on any atom is 0.226 e. The molecule has 0 spiro atoms. The van der Waals surface area contributed by atoms with Crippen LogP contribution in [-0.4, -0.2) is 10.4 Å². The molecule has 1 N–H and O–H groups in total. The average Bonchev–Trinajstić information content (AvgIpc) is 2.19. The summed E-state index contributed by atoms with van der Waals surface area (Å²) in [5, 5.41) is 9.51.